The molecule has 7 heteroatoms. The molecule has 0 aliphatic carbocycles. The average Bonchev–Trinajstić information content (AvgIpc) is 2.86. The minimum Gasteiger partial charge on any atom is -0.480 e. The summed E-state index contributed by atoms with van der Waals surface area (Å²) in [6, 6.07) is -0.104. The van der Waals surface area contributed by atoms with Gasteiger partial charge in [0.25, 0.3) is 0 Å². The maximum absolute atomic E-state index is 12.6. The number of amides is 2. The van der Waals surface area contributed by atoms with Gasteiger partial charge in [-0.1, -0.05) is 0 Å². The maximum atomic E-state index is 12.6. The molecule has 0 saturated carbocycles. The van der Waals surface area contributed by atoms with Gasteiger partial charge in [-0.3, -0.25) is 14.4 Å². The Hall–Kier alpha value is -1.63. The van der Waals surface area contributed by atoms with Gasteiger partial charge < -0.3 is 19.6 Å². The van der Waals surface area contributed by atoms with Gasteiger partial charge in [-0.2, -0.15) is 0 Å². The van der Waals surface area contributed by atoms with Crippen molar-refractivity contribution in [2.24, 2.45) is 5.92 Å². The molecule has 2 aliphatic heterocycles. The number of carboxylic acid groups (broad SMARTS) is 1. The van der Waals surface area contributed by atoms with E-state index in [-0.39, 0.29) is 30.8 Å². The predicted molar refractivity (Wildman–Crippen MR) is 73.6 cm³/mol. The molecular weight excluding hydrogens is 276 g/mol. The zero-order valence-electron chi connectivity index (χ0n) is 12.3. The molecule has 7 nitrogen and oxygen atoms in total. The van der Waals surface area contributed by atoms with E-state index in [0.717, 1.165) is 0 Å². The molecule has 0 bridgehead atoms. The Morgan fingerprint density at radius 3 is 2.57 bits per heavy atom. The Morgan fingerprint density at radius 2 is 2.05 bits per heavy atom. The number of carbonyl (C=O) groups excluding carboxylic acids is 2. The van der Waals surface area contributed by atoms with E-state index in [2.05, 4.69) is 0 Å². The van der Waals surface area contributed by atoms with Crippen LogP contribution >= 0.6 is 0 Å². The fourth-order valence-electron chi connectivity index (χ4n) is 3.01. The van der Waals surface area contributed by atoms with Crippen LogP contribution < -0.4 is 0 Å². The Morgan fingerprint density at radius 1 is 1.38 bits per heavy atom. The third-order valence-corrected chi connectivity index (χ3v) is 4.17. The fourth-order valence-corrected chi connectivity index (χ4v) is 3.01. The molecule has 2 heterocycles. The van der Waals surface area contributed by atoms with Gasteiger partial charge in [0.15, 0.2) is 0 Å². The van der Waals surface area contributed by atoms with Gasteiger partial charge in [0.2, 0.25) is 11.8 Å². The molecule has 118 valence electrons. The molecule has 0 aromatic carbocycles. The Bertz CT molecular complexity index is 420. The van der Waals surface area contributed by atoms with Crippen LogP contribution in [0.3, 0.4) is 0 Å². The lowest BCUT2D eigenvalue weighted by Gasteiger charge is -2.34. The number of rotatable bonds is 5. The van der Waals surface area contributed by atoms with E-state index in [9.17, 15) is 14.4 Å². The van der Waals surface area contributed by atoms with Crippen molar-refractivity contribution in [1.29, 1.82) is 0 Å². The molecule has 0 radical (unpaired) electrons. The number of likely N-dealkylation sites (tertiary alicyclic amines) is 1. The number of nitrogens with zero attached hydrogens (tertiary/aromatic N) is 2. The average molecular weight is 298 g/mol. The lowest BCUT2D eigenvalue weighted by atomic mass is 10.0. The quantitative estimate of drug-likeness (QED) is 0.769. The number of carboxylic acids is 1. The molecule has 2 amide bonds. The molecule has 21 heavy (non-hydrogen) atoms. The van der Waals surface area contributed by atoms with Crippen molar-refractivity contribution >= 4 is 17.8 Å². The topological polar surface area (TPSA) is 87.2 Å². The van der Waals surface area contributed by atoms with Crippen LogP contribution in [0.15, 0.2) is 0 Å². The van der Waals surface area contributed by atoms with Crippen LogP contribution in [0.1, 0.15) is 26.2 Å². The zero-order chi connectivity index (χ0) is 15.4. The Kier molecular flexibility index (Phi) is 5.17. The van der Waals surface area contributed by atoms with E-state index < -0.39 is 11.9 Å². The van der Waals surface area contributed by atoms with Gasteiger partial charge in [0, 0.05) is 38.8 Å². The first-order valence-corrected chi connectivity index (χ1v) is 7.40. The van der Waals surface area contributed by atoms with Gasteiger partial charge in [0.1, 0.15) is 6.54 Å². The van der Waals surface area contributed by atoms with Crippen molar-refractivity contribution in [2.75, 3.05) is 32.8 Å². The Labute approximate surface area is 123 Å². The molecule has 1 unspecified atom stereocenters. The van der Waals surface area contributed by atoms with Crippen molar-refractivity contribution in [1.82, 2.24) is 9.80 Å². The van der Waals surface area contributed by atoms with Gasteiger partial charge in [-0.05, 0) is 19.8 Å². The lowest BCUT2D eigenvalue weighted by molar-refractivity contribution is -0.149. The molecule has 1 atom stereocenters. The van der Waals surface area contributed by atoms with E-state index in [1.165, 1.54) is 4.90 Å². The van der Waals surface area contributed by atoms with Crippen LogP contribution in [0.5, 0.6) is 0 Å². The summed E-state index contributed by atoms with van der Waals surface area (Å²) in [6.45, 7) is 3.63. The number of hydrogen-bond acceptors (Lipinski definition) is 4. The molecule has 2 fully saturated rings. The number of carbonyl (C=O) groups is 3. The number of hydrogen-bond donors (Lipinski definition) is 1. The highest BCUT2D eigenvalue weighted by Gasteiger charge is 2.38. The van der Waals surface area contributed by atoms with Gasteiger partial charge in [-0.25, -0.2) is 0 Å². The highest BCUT2D eigenvalue weighted by Crippen LogP contribution is 2.23. The standard InChI is InChI=1S/C14H22N2O5/c1-2-15-8-10(7-12(15)17)14(20)16(9-13(18)19)11-3-5-21-6-4-11/h10-11H,2-9H2,1H3,(H,18,19). The molecule has 0 spiro atoms. The zero-order valence-corrected chi connectivity index (χ0v) is 12.3. The first-order chi connectivity index (χ1) is 10.0. The maximum Gasteiger partial charge on any atom is 0.323 e. The van der Waals surface area contributed by atoms with E-state index in [1.807, 2.05) is 6.92 Å². The summed E-state index contributed by atoms with van der Waals surface area (Å²) in [4.78, 5) is 38.5. The van der Waals surface area contributed by atoms with Gasteiger partial charge in [0.05, 0.1) is 5.92 Å². The second kappa shape index (κ2) is 6.89. The van der Waals surface area contributed by atoms with Crippen LogP contribution in [0.25, 0.3) is 0 Å². The number of ether oxygens (including phenoxy) is 1. The van der Waals surface area contributed by atoms with Crippen molar-refractivity contribution < 1.29 is 24.2 Å². The number of aliphatic carboxylic acids is 1. The van der Waals surface area contributed by atoms with Crippen LogP contribution in [-0.2, 0) is 19.1 Å². The first kappa shape index (κ1) is 15.8. The summed E-state index contributed by atoms with van der Waals surface area (Å²) in [5, 5.41) is 9.05. The monoisotopic (exact) mass is 298 g/mol. The van der Waals surface area contributed by atoms with Crippen molar-refractivity contribution in [3.8, 4) is 0 Å². The summed E-state index contributed by atoms with van der Waals surface area (Å²) in [5.41, 5.74) is 0. The summed E-state index contributed by atoms with van der Waals surface area (Å²) in [5.74, 6) is -1.68. The van der Waals surface area contributed by atoms with Crippen LogP contribution in [0.4, 0.5) is 0 Å². The smallest absolute Gasteiger partial charge is 0.323 e. The fraction of sp³-hybridized carbons (Fsp3) is 0.786. The summed E-state index contributed by atoms with van der Waals surface area (Å²) in [6.07, 6.45) is 1.49. The predicted octanol–water partition coefficient (Wildman–Crippen LogP) is -0.0530. The lowest BCUT2D eigenvalue weighted by Crippen LogP contribution is -2.48. The van der Waals surface area contributed by atoms with Crippen LogP contribution in [-0.4, -0.2) is 71.6 Å². The molecule has 1 N–H and O–H groups in total. The van der Waals surface area contributed by atoms with E-state index in [0.29, 0.717) is 39.1 Å². The van der Waals surface area contributed by atoms with Crippen LogP contribution in [0, 0.1) is 5.92 Å². The summed E-state index contributed by atoms with van der Waals surface area (Å²) < 4.78 is 5.26. The van der Waals surface area contributed by atoms with Crippen molar-refractivity contribution in [2.45, 2.75) is 32.2 Å². The normalized spacial score (nSPS) is 23.4. The van der Waals surface area contributed by atoms with Crippen molar-refractivity contribution in [3.05, 3.63) is 0 Å². The molecule has 0 aromatic heterocycles. The minimum absolute atomic E-state index is 0.0295. The van der Waals surface area contributed by atoms with Crippen LogP contribution in [0.2, 0.25) is 0 Å². The third-order valence-electron chi connectivity index (χ3n) is 4.17. The van der Waals surface area contributed by atoms with E-state index in [1.54, 1.807) is 4.90 Å². The van der Waals surface area contributed by atoms with Gasteiger partial charge in [-0.15, -0.1) is 0 Å². The molecule has 2 aliphatic rings. The minimum atomic E-state index is -1.02. The highest BCUT2D eigenvalue weighted by atomic mass is 16.5. The highest BCUT2D eigenvalue weighted by molar-refractivity contribution is 5.90. The summed E-state index contributed by atoms with van der Waals surface area (Å²) in [7, 11) is 0. The molecule has 2 saturated heterocycles. The van der Waals surface area contributed by atoms with Crippen molar-refractivity contribution in [3.63, 3.8) is 0 Å². The SMILES string of the molecule is CCN1CC(C(=O)N(CC(=O)O)C2CCOCC2)CC1=O. The largest absolute Gasteiger partial charge is 0.480 e. The molecular formula is C14H22N2O5. The third kappa shape index (κ3) is 3.72. The van der Waals surface area contributed by atoms with Gasteiger partial charge >= 0.3 is 5.97 Å². The molecule has 2 rings (SSSR count). The molecule has 0 aromatic rings. The summed E-state index contributed by atoms with van der Waals surface area (Å²) >= 11 is 0. The van der Waals surface area contributed by atoms with E-state index in [4.69, 9.17) is 9.84 Å². The second-order valence-electron chi connectivity index (χ2n) is 5.54. The second-order valence-corrected chi connectivity index (χ2v) is 5.54. The Balaban J connectivity index is 2.07. The van der Waals surface area contributed by atoms with E-state index >= 15 is 0 Å². The first-order valence-electron chi connectivity index (χ1n) is 7.40.